The van der Waals surface area contributed by atoms with Crippen LogP contribution in [0.25, 0.3) is 0 Å². The number of carboxylic acid groups (broad SMARTS) is 1. The second-order valence-electron chi connectivity index (χ2n) is 5.10. The summed E-state index contributed by atoms with van der Waals surface area (Å²) >= 11 is 0. The molecule has 0 fully saturated rings. The van der Waals surface area contributed by atoms with Crippen molar-refractivity contribution in [2.45, 2.75) is 11.8 Å². The van der Waals surface area contributed by atoms with Crippen LogP contribution in [-0.2, 0) is 10.0 Å². The Morgan fingerprint density at radius 1 is 1.35 bits per heavy atom. The summed E-state index contributed by atoms with van der Waals surface area (Å²) in [5, 5.41) is 9.08. The first-order valence-corrected chi connectivity index (χ1v) is 8.29. The largest absolute Gasteiger partial charge is 0.478 e. The fraction of sp³-hybridized carbons (Fsp3) is 0.200. The summed E-state index contributed by atoms with van der Waals surface area (Å²) in [5.41, 5.74) is 0.855. The summed E-state index contributed by atoms with van der Waals surface area (Å²) in [7, 11) is -3.82. The van der Waals surface area contributed by atoms with Crippen LogP contribution < -0.4 is 9.04 Å². The molecule has 120 valence electrons. The van der Waals surface area contributed by atoms with Gasteiger partial charge in [-0.15, -0.1) is 0 Å². The summed E-state index contributed by atoms with van der Waals surface area (Å²) in [6.07, 6.45) is 1.14. The molecule has 0 aliphatic carbocycles. The van der Waals surface area contributed by atoms with E-state index in [-0.39, 0.29) is 35.2 Å². The van der Waals surface area contributed by atoms with Crippen LogP contribution in [0.15, 0.2) is 41.4 Å². The molecule has 8 heteroatoms. The van der Waals surface area contributed by atoms with Crippen LogP contribution in [0.3, 0.4) is 0 Å². The zero-order chi connectivity index (χ0) is 16.6. The van der Waals surface area contributed by atoms with Gasteiger partial charge < -0.3 is 9.84 Å². The quantitative estimate of drug-likeness (QED) is 0.917. The van der Waals surface area contributed by atoms with Gasteiger partial charge in [-0.1, -0.05) is 12.1 Å². The number of hydrogen-bond donors (Lipinski definition) is 1. The highest BCUT2D eigenvalue weighted by molar-refractivity contribution is 7.92. The van der Waals surface area contributed by atoms with E-state index < -0.39 is 16.0 Å². The van der Waals surface area contributed by atoms with E-state index in [1.165, 1.54) is 12.1 Å². The van der Waals surface area contributed by atoms with E-state index in [1.54, 1.807) is 25.1 Å². The highest BCUT2D eigenvalue weighted by Crippen LogP contribution is 2.34. The van der Waals surface area contributed by atoms with Crippen molar-refractivity contribution in [3.05, 3.63) is 47.7 Å². The van der Waals surface area contributed by atoms with Gasteiger partial charge in [-0.3, -0.25) is 4.31 Å². The minimum atomic E-state index is -3.82. The molecule has 0 atom stereocenters. The molecular formula is C15H14N2O5S. The van der Waals surface area contributed by atoms with E-state index in [9.17, 15) is 13.2 Å². The second kappa shape index (κ2) is 5.54. The Morgan fingerprint density at radius 3 is 2.83 bits per heavy atom. The highest BCUT2D eigenvalue weighted by atomic mass is 32.2. The number of fused-ring (bicyclic) bond motifs is 1. The molecule has 1 aromatic carbocycles. The lowest BCUT2D eigenvalue weighted by molar-refractivity contribution is 0.0696. The molecule has 0 saturated heterocycles. The lowest BCUT2D eigenvalue weighted by Gasteiger charge is -2.29. The van der Waals surface area contributed by atoms with Gasteiger partial charge in [0, 0.05) is 6.20 Å². The zero-order valence-electron chi connectivity index (χ0n) is 12.3. The first kappa shape index (κ1) is 15.3. The normalized spacial score (nSPS) is 14.0. The maximum atomic E-state index is 12.9. The Hall–Kier alpha value is -2.61. The van der Waals surface area contributed by atoms with Gasteiger partial charge in [0.25, 0.3) is 10.0 Å². The van der Waals surface area contributed by atoms with Crippen LogP contribution in [0.1, 0.15) is 15.9 Å². The minimum absolute atomic E-state index is 0.0913. The Morgan fingerprint density at radius 2 is 2.13 bits per heavy atom. The van der Waals surface area contributed by atoms with Crippen LogP contribution in [-0.4, -0.2) is 37.6 Å². The number of nitrogens with zero attached hydrogens (tertiary/aromatic N) is 2. The summed E-state index contributed by atoms with van der Waals surface area (Å²) < 4.78 is 32.2. The number of aromatic nitrogens is 1. The predicted molar refractivity (Wildman–Crippen MR) is 82.4 cm³/mol. The number of anilines is 1. The number of benzene rings is 1. The number of rotatable bonds is 3. The molecular weight excluding hydrogens is 320 g/mol. The van der Waals surface area contributed by atoms with E-state index in [2.05, 4.69) is 4.98 Å². The fourth-order valence-corrected chi connectivity index (χ4v) is 3.89. The van der Waals surface area contributed by atoms with Gasteiger partial charge >= 0.3 is 5.97 Å². The highest BCUT2D eigenvalue weighted by Gasteiger charge is 2.31. The molecule has 0 spiro atoms. The number of aromatic carboxylic acids is 1. The van der Waals surface area contributed by atoms with Crippen LogP contribution >= 0.6 is 0 Å². The van der Waals surface area contributed by atoms with E-state index in [4.69, 9.17) is 9.84 Å². The first-order valence-electron chi connectivity index (χ1n) is 6.85. The van der Waals surface area contributed by atoms with Gasteiger partial charge in [0.05, 0.1) is 17.0 Å². The Labute approximate surface area is 133 Å². The van der Waals surface area contributed by atoms with Crippen LogP contribution in [0, 0.1) is 6.92 Å². The molecule has 0 bridgehead atoms. The molecule has 0 amide bonds. The summed E-state index contributed by atoms with van der Waals surface area (Å²) in [4.78, 5) is 15.2. The molecule has 1 N–H and O–H groups in total. The zero-order valence-corrected chi connectivity index (χ0v) is 13.1. The number of pyridine rings is 1. The average Bonchev–Trinajstić information content (AvgIpc) is 2.53. The van der Waals surface area contributed by atoms with E-state index >= 15 is 0 Å². The van der Waals surface area contributed by atoms with Crippen molar-refractivity contribution in [1.82, 2.24) is 4.98 Å². The molecule has 7 nitrogen and oxygen atoms in total. The summed E-state index contributed by atoms with van der Waals surface area (Å²) in [6, 6.07) is 7.80. The molecule has 3 rings (SSSR count). The Bertz CT molecular complexity index is 879. The molecule has 1 aliphatic heterocycles. The van der Waals surface area contributed by atoms with Crippen LogP contribution in [0.2, 0.25) is 0 Å². The van der Waals surface area contributed by atoms with Crippen molar-refractivity contribution in [2.75, 3.05) is 17.5 Å². The van der Waals surface area contributed by atoms with E-state index in [0.29, 0.717) is 0 Å². The number of ether oxygens (including phenoxy) is 1. The van der Waals surface area contributed by atoms with Crippen molar-refractivity contribution in [3.63, 3.8) is 0 Å². The monoisotopic (exact) mass is 334 g/mol. The molecule has 2 aromatic rings. The smallest absolute Gasteiger partial charge is 0.337 e. The lowest BCUT2D eigenvalue weighted by atomic mass is 10.2. The molecule has 2 heterocycles. The van der Waals surface area contributed by atoms with Gasteiger partial charge in [-0.05, 0) is 30.7 Å². The van der Waals surface area contributed by atoms with E-state index in [0.717, 1.165) is 16.1 Å². The van der Waals surface area contributed by atoms with Crippen molar-refractivity contribution in [1.29, 1.82) is 0 Å². The van der Waals surface area contributed by atoms with Gasteiger partial charge in [-0.25, -0.2) is 18.2 Å². The van der Waals surface area contributed by atoms with Gasteiger partial charge in [0.15, 0.2) is 0 Å². The topological polar surface area (TPSA) is 96.8 Å². The third-order valence-corrected chi connectivity index (χ3v) is 5.27. The second-order valence-corrected chi connectivity index (χ2v) is 6.96. The number of carbonyl (C=O) groups is 1. The molecule has 0 saturated carbocycles. The number of sulfonamides is 1. The Kier molecular flexibility index (Phi) is 3.69. The SMILES string of the molecule is Cc1cccc(S(=O)(=O)N2CCOc3ncc(C(=O)O)cc32)c1. The first-order chi connectivity index (χ1) is 10.9. The van der Waals surface area contributed by atoms with Gasteiger partial charge in [0.2, 0.25) is 5.88 Å². The fourth-order valence-electron chi connectivity index (χ4n) is 2.35. The van der Waals surface area contributed by atoms with Crippen molar-refractivity contribution in [2.24, 2.45) is 0 Å². The van der Waals surface area contributed by atoms with Gasteiger partial charge in [-0.2, -0.15) is 0 Å². The number of hydrogen-bond acceptors (Lipinski definition) is 5. The van der Waals surface area contributed by atoms with Crippen molar-refractivity contribution < 1.29 is 23.1 Å². The third kappa shape index (κ3) is 2.72. The van der Waals surface area contributed by atoms with Gasteiger partial charge in [0.1, 0.15) is 12.3 Å². The molecule has 1 aromatic heterocycles. The molecule has 23 heavy (non-hydrogen) atoms. The van der Waals surface area contributed by atoms with E-state index in [1.807, 2.05) is 0 Å². The van der Waals surface area contributed by atoms with Crippen LogP contribution in [0.5, 0.6) is 5.88 Å². The Balaban J connectivity index is 2.12. The third-order valence-electron chi connectivity index (χ3n) is 3.46. The molecule has 1 aliphatic rings. The predicted octanol–water partition coefficient (Wildman–Crippen LogP) is 1.68. The molecule has 0 unspecified atom stereocenters. The average molecular weight is 334 g/mol. The maximum absolute atomic E-state index is 12.9. The summed E-state index contributed by atoms with van der Waals surface area (Å²) in [6.45, 7) is 2.04. The standard InChI is InChI=1S/C15H14N2O5S/c1-10-3-2-4-12(7-10)23(20,21)17-5-6-22-14-13(17)8-11(9-16-14)15(18)19/h2-4,7-9H,5-6H2,1H3,(H,18,19). The van der Waals surface area contributed by atoms with Crippen LogP contribution in [0.4, 0.5) is 5.69 Å². The molecule has 0 radical (unpaired) electrons. The van der Waals surface area contributed by atoms with Crippen molar-refractivity contribution in [3.8, 4) is 5.88 Å². The lowest BCUT2D eigenvalue weighted by Crippen LogP contribution is -2.38. The van der Waals surface area contributed by atoms with Crippen molar-refractivity contribution >= 4 is 21.7 Å². The number of carboxylic acids is 1. The number of aryl methyl sites for hydroxylation is 1. The maximum Gasteiger partial charge on any atom is 0.337 e. The summed E-state index contributed by atoms with van der Waals surface area (Å²) in [5.74, 6) is -1.07. The minimum Gasteiger partial charge on any atom is -0.478 e.